The minimum Gasteiger partial charge on any atom is -0.448 e. The monoisotopic (exact) mass is 395 g/mol. The molecule has 0 aliphatic rings. The fraction of sp³-hybridized carbons (Fsp3) is 0.0625. The van der Waals surface area contributed by atoms with Gasteiger partial charge in [-0.15, -0.1) is 0 Å². The lowest BCUT2D eigenvalue weighted by Crippen LogP contribution is -2.12. The van der Waals surface area contributed by atoms with Crippen LogP contribution in [0.3, 0.4) is 0 Å². The number of rotatable bonds is 2. The summed E-state index contributed by atoms with van der Waals surface area (Å²) in [7, 11) is 0. The van der Waals surface area contributed by atoms with Gasteiger partial charge in [-0.2, -0.15) is 0 Å². The Labute approximate surface area is 134 Å². The Bertz CT molecular complexity index is 841. The number of amides is 1. The normalized spacial score (nSPS) is 10.8. The van der Waals surface area contributed by atoms with Gasteiger partial charge >= 0.3 is 0 Å². The average molecular weight is 395 g/mol. The minimum absolute atomic E-state index is 0.114. The van der Waals surface area contributed by atoms with Crippen molar-refractivity contribution in [1.29, 1.82) is 0 Å². The van der Waals surface area contributed by atoms with Gasteiger partial charge < -0.3 is 9.73 Å². The summed E-state index contributed by atoms with van der Waals surface area (Å²) >= 11 is 2.14. The Kier molecular flexibility index (Phi) is 3.67. The van der Waals surface area contributed by atoms with E-state index in [0.29, 0.717) is 16.6 Å². The molecule has 3 aromatic rings. The van der Waals surface area contributed by atoms with Crippen LogP contribution in [0.5, 0.6) is 0 Å². The number of anilines is 1. The molecule has 3 nitrogen and oxygen atoms in total. The Morgan fingerprint density at radius 1 is 1.19 bits per heavy atom. The summed E-state index contributed by atoms with van der Waals surface area (Å²) in [5.41, 5.74) is 1.44. The van der Waals surface area contributed by atoms with Crippen molar-refractivity contribution in [2.75, 3.05) is 5.32 Å². The predicted octanol–water partition coefficient (Wildman–Crippen LogP) is 4.74. The van der Waals surface area contributed by atoms with Crippen LogP contribution in [0.15, 0.2) is 46.9 Å². The zero-order chi connectivity index (χ0) is 15.0. The molecule has 5 heteroatoms. The molecule has 0 spiro atoms. The number of hydrogen-bond donors (Lipinski definition) is 1. The van der Waals surface area contributed by atoms with Gasteiger partial charge in [-0.05, 0) is 47.7 Å². The molecule has 3 rings (SSSR count). The third kappa shape index (κ3) is 2.53. The third-order valence-electron chi connectivity index (χ3n) is 3.24. The molecule has 0 saturated carbocycles. The molecule has 1 heterocycles. The Morgan fingerprint density at radius 2 is 1.95 bits per heavy atom. The predicted molar refractivity (Wildman–Crippen MR) is 88.0 cm³/mol. The number of aryl methyl sites for hydroxylation is 1. The molecule has 0 bridgehead atoms. The lowest BCUT2D eigenvalue weighted by atomic mass is 10.1. The Hall–Kier alpha value is -1.89. The van der Waals surface area contributed by atoms with Crippen molar-refractivity contribution in [2.45, 2.75) is 6.92 Å². The molecule has 0 unspecified atom stereocenters. The fourth-order valence-corrected chi connectivity index (χ4v) is 2.69. The maximum absolute atomic E-state index is 13.7. The van der Waals surface area contributed by atoms with E-state index in [1.165, 1.54) is 6.07 Å². The van der Waals surface area contributed by atoms with Gasteiger partial charge in [-0.1, -0.05) is 24.3 Å². The van der Waals surface area contributed by atoms with Crippen molar-refractivity contribution in [3.8, 4) is 0 Å². The largest absolute Gasteiger partial charge is 0.448 e. The highest BCUT2D eigenvalue weighted by atomic mass is 127. The van der Waals surface area contributed by atoms with Gasteiger partial charge in [0.2, 0.25) is 0 Å². The van der Waals surface area contributed by atoms with Crippen molar-refractivity contribution >= 4 is 45.2 Å². The Morgan fingerprint density at radius 3 is 2.67 bits per heavy atom. The number of para-hydroxylation sites is 2. The van der Waals surface area contributed by atoms with Crippen LogP contribution in [0, 0.1) is 16.3 Å². The maximum Gasteiger partial charge on any atom is 0.291 e. The molecule has 21 heavy (non-hydrogen) atoms. The smallest absolute Gasteiger partial charge is 0.291 e. The first-order valence-corrected chi connectivity index (χ1v) is 7.39. The molecule has 1 aromatic heterocycles. The molecule has 0 aliphatic carbocycles. The molecule has 0 saturated heterocycles. The summed E-state index contributed by atoms with van der Waals surface area (Å²) in [6.45, 7) is 1.75. The zero-order valence-electron chi connectivity index (χ0n) is 11.1. The highest BCUT2D eigenvalue weighted by molar-refractivity contribution is 14.1. The number of halogens is 2. The SMILES string of the molecule is Cc1c(C(=O)Nc2ccccc2I)oc2c(F)cccc12. The molecule has 1 N–H and O–H groups in total. The van der Waals surface area contributed by atoms with Crippen molar-refractivity contribution in [3.63, 3.8) is 0 Å². The summed E-state index contributed by atoms with van der Waals surface area (Å²) in [6, 6.07) is 12.1. The quantitative estimate of drug-likeness (QED) is 0.638. The van der Waals surface area contributed by atoms with Gasteiger partial charge in [0.25, 0.3) is 5.91 Å². The molecule has 1 amide bonds. The number of fused-ring (bicyclic) bond motifs is 1. The van der Waals surface area contributed by atoms with Crippen LogP contribution in [-0.2, 0) is 0 Å². The van der Waals surface area contributed by atoms with E-state index < -0.39 is 5.82 Å². The van der Waals surface area contributed by atoms with E-state index in [1.807, 2.05) is 18.2 Å². The summed E-state index contributed by atoms with van der Waals surface area (Å²) in [4.78, 5) is 12.3. The van der Waals surface area contributed by atoms with E-state index in [-0.39, 0.29) is 17.3 Å². The van der Waals surface area contributed by atoms with Gasteiger partial charge in [0.05, 0.1) is 5.69 Å². The highest BCUT2D eigenvalue weighted by Gasteiger charge is 2.20. The number of carbonyl (C=O) groups excluding carboxylic acids is 1. The molecular formula is C16H11FINO2. The first-order chi connectivity index (χ1) is 10.1. The first kappa shape index (κ1) is 14.1. The van der Waals surface area contributed by atoms with E-state index in [4.69, 9.17) is 4.42 Å². The van der Waals surface area contributed by atoms with Crippen LogP contribution >= 0.6 is 22.6 Å². The molecular weight excluding hydrogens is 384 g/mol. The third-order valence-corrected chi connectivity index (χ3v) is 4.18. The van der Waals surface area contributed by atoms with Crippen molar-refractivity contribution in [2.24, 2.45) is 0 Å². The van der Waals surface area contributed by atoms with Gasteiger partial charge in [0.15, 0.2) is 17.2 Å². The second kappa shape index (κ2) is 5.48. The fourth-order valence-electron chi connectivity index (χ4n) is 2.17. The molecule has 0 radical (unpaired) electrons. The summed E-state index contributed by atoms with van der Waals surface area (Å²) in [5, 5.41) is 3.40. The second-order valence-corrected chi connectivity index (χ2v) is 5.77. The molecule has 0 fully saturated rings. The van der Waals surface area contributed by atoms with Crippen molar-refractivity contribution < 1.29 is 13.6 Å². The molecule has 106 valence electrons. The number of furan rings is 1. The van der Waals surface area contributed by atoms with Crippen LogP contribution < -0.4 is 5.32 Å². The van der Waals surface area contributed by atoms with Crippen LogP contribution in [0.2, 0.25) is 0 Å². The standard InChI is InChI=1S/C16H11FINO2/c1-9-10-5-4-6-11(17)15(10)21-14(9)16(20)19-13-8-3-2-7-12(13)18/h2-8H,1H3,(H,19,20). The molecule has 0 aliphatic heterocycles. The lowest BCUT2D eigenvalue weighted by Gasteiger charge is -2.05. The van der Waals surface area contributed by atoms with E-state index in [9.17, 15) is 9.18 Å². The maximum atomic E-state index is 13.7. The van der Waals surface area contributed by atoms with Crippen molar-refractivity contribution in [1.82, 2.24) is 0 Å². The van der Waals surface area contributed by atoms with Gasteiger partial charge in [0, 0.05) is 14.5 Å². The van der Waals surface area contributed by atoms with Crippen LogP contribution in [0.25, 0.3) is 11.0 Å². The zero-order valence-corrected chi connectivity index (χ0v) is 13.3. The number of benzene rings is 2. The second-order valence-electron chi connectivity index (χ2n) is 4.61. The lowest BCUT2D eigenvalue weighted by molar-refractivity contribution is 0.0997. The van der Waals surface area contributed by atoms with Crippen LogP contribution in [0.1, 0.15) is 16.1 Å². The average Bonchev–Trinajstić information content (AvgIpc) is 2.81. The van der Waals surface area contributed by atoms with E-state index in [1.54, 1.807) is 25.1 Å². The number of nitrogens with one attached hydrogen (secondary N) is 1. The van der Waals surface area contributed by atoms with Gasteiger partial charge in [-0.3, -0.25) is 4.79 Å². The number of hydrogen-bond acceptors (Lipinski definition) is 2. The van der Waals surface area contributed by atoms with Crippen LogP contribution in [-0.4, -0.2) is 5.91 Å². The minimum atomic E-state index is -0.469. The van der Waals surface area contributed by atoms with Crippen molar-refractivity contribution in [3.05, 3.63) is 63.2 Å². The van der Waals surface area contributed by atoms with Gasteiger partial charge in [0.1, 0.15) is 0 Å². The number of carbonyl (C=O) groups is 1. The molecule has 0 atom stereocenters. The molecule has 2 aromatic carbocycles. The topological polar surface area (TPSA) is 42.2 Å². The van der Waals surface area contributed by atoms with Crippen LogP contribution in [0.4, 0.5) is 10.1 Å². The van der Waals surface area contributed by atoms with E-state index >= 15 is 0 Å². The van der Waals surface area contributed by atoms with E-state index in [2.05, 4.69) is 27.9 Å². The Balaban J connectivity index is 2.01. The first-order valence-electron chi connectivity index (χ1n) is 6.31. The summed E-state index contributed by atoms with van der Waals surface area (Å²) in [6.07, 6.45) is 0. The highest BCUT2D eigenvalue weighted by Crippen LogP contribution is 2.28. The van der Waals surface area contributed by atoms with E-state index in [0.717, 1.165) is 3.57 Å². The van der Waals surface area contributed by atoms with Gasteiger partial charge in [-0.25, -0.2) is 4.39 Å². The summed E-state index contributed by atoms with van der Waals surface area (Å²) < 4.78 is 20.0. The summed E-state index contributed by atoms with van der Waals surface area (Å²) in [5.74, 6) is -0.717.